The van der Waals surface area contributed by atoms with Crippen LogP contribution in [0.1, 0.15) is 44.2 Å². The van der Waals surface area contributed by atoms with Gasteiger partial charge < -0.3 is 4.74 Å². The van der Waals surface area contributed by atoms with E-state index in [9.17, 15) is 22.0 Å². The molecule has 120 valence electrons. The van der Waals surface area contributed by atoms with Crippen molar-refractivity contribution in [2.24, 2.45) is 0 Å². The molecule has 0 fully saturated rings. The first-order valence-electron chi connectivity index (χ1n) is 6.54. The third-order valence-electron chi connectivity index (χ3n) is 3.58. The number of alkyl halides is 5. The van der Waals surface area contributed by atoms with Gasteiger partial charge in [0.25, 0.3) is 0 Å². The maximum absolute atomic E-state index is 13.4. The largest absolute Gasteiger partial charge is 0.453 e. The molecule has 1 unspecified atom stereocenters. The number of halogens is 5. The predicted molar refractivity (Wildman–Crippen MR) is 70.5 cm³/mol. The molecule has 1 aromatic rings. The van der Waals surface area contributed by atoms with E-state index in [0.29, 0.717) is 11.1 Å². The van der Waals surface area contributed by atoms with Gasteiger partial charge in [-0.25, -0.2) is 0 Å². The van der Waals surface area contributed by atoms with Crippen molar-refractivity contribution >= 4 is 0 Å². The normalized spacial score (nSPS) is 16.1. The maximum Gasteiger partial charge on any atom is 0.453 e. The Morgan fingerprint density at radius 1 is 1.05 bits per heavy atom. The zero-order chi connectivity index (χ0) is 16.5. The highest BCUT2D eigenvalue weighted by Gasteiger charge is 2.60. The van der Waals surface area contributed by atoms with Gasteiger partial charge in [0.1, 0.15) is 0 Å². The highest BCUT2D eigenvalue weighted by molar-refractivity contribution is 5.34. The Kier molecular flexibility index (Phi) is 5.03. The zero-order valence-corrected chi connectivity index (χ0v) is 12.4. The van der Waals surface area contributed by atoms with Crippen LogP contribution in [0.2, 0.25) is 0 Å². The van der Waals surface area contributed by atoms with Gasteiger partial charge in [0.15, 0.2) is 0 Å². The molecule has 1 aromatic carbocycles. The van der Waals surface area contributed by atoms with Gasteiger partial charge in [0, 0.05) is 7.11 Å². The Balaban J connectivity index is 3.29. The van der Waals surface area contributed by atoms with E-state index in [1.54, 1.807) is 18.2 Å². The summed E-state index contributed by atoms with van der Waals surface area (Å²) in [5.74, 6) is -4.84. The Morgan fingerprint density at radius 3 is 2.00 bits per heavy atom. The lowest BCUT2D eigenvalue weighted by Crippen LogP contribution is -2.43. The molecule has 0 bridgehead atoms. The SMILES string of the molecule is COC(C)(CC(F)(F)C(F)(F)F)c1ccccc1C(C)C. The van der Waals surface area contributed by atoms with Crippen LogP contribution in [0.25, 0.3) is 0 Å². The third kappa shape index (κ3) is 3.73. The van der Waals surface area contributed by atoms with Crippen LogP contribution in [-0.4, -0.2) is 19.2 Å². The standard InChI is InChI=1S/C15H19F5O/c1-10(2)11-7-5-6-8-12(11)13(3,21-4)9-14(16,17)15(18,19)20/h5-8,10H,9H2,1-4H3. The van der Waals surface area contributed by atoms with Crippen molar-refractivity contribution in [2.45, 2.75) is 50.8 Å². The zero-order valence-electron chi connectivity index (χ0n) is 12.4. The summed E-state index contributed by atoms with van der Waals surface area (Å²) >= 11 is 0. The molecule has 21 heavy (non-hydrogen) atoms. The number of methoxy groups -OCH3 is 1. The van der Waals surface area contributed by atoms with Crippen molar-refractivity contribution < 1.29 is 26.7 Å². The minimum absolute atomic E-state index is 0.0183. The second-order valence-electron chi connectivity index (χ2n) is 5.56. The minimum Gasteiger partial charge on any atom is -0.374 e. The molecule has 0 aliphatic heterocycles. The van der Waals surface area contributed by atoms with Crippen LogP contribution >= 0.6 is 0 Å². The van der Waals surface area contributed by atoms with Crippen LogP contribution in [0, 0.1) is 0 Å². The molecule has 0 saturated carbocycles. The molecule has 1 nitrogen and oxygen atoms in total. The summed E-state index contributed by atoms with van der Waals surface area (Å²) in [6.07, 6.45) is -7.05. The highest BCUT2D eigenvalue weighted by atomic mass is 19.4. The molecule has 0 amide bonds. The fraction of sp³-hybridized carbons (Fsp3) is 0.600. The number of hydrogen-bond acceptors (Lipinski definition) is 1. The summed E-state index contributed by atoms with van der Waals surface area (Å²) in [4.78, 5) is 0. The molecule has 0 N–H and O–H groups in total. The summed E-state index contributed by atoms with van der Waals surface area (Å²) in [6, 6.07) is 6.56. The Hall–Kier alpha value is -1.17. The summed E-state index contributed by atoms with van der Waals surface area (Å²) in [5.41, 5.74) is -0.675. The van der Waals surface area contributed by atoms with E-state index >= 15 is 0 Å². The van der Waals surface area contributed by atoms with Crippen LogP contribution in [-0.2, 0) is 10.3 Å². The highest BCUT2D eigenvalue weighted by Crippen LogP contribution is 2.46. The molecular formula is C15H19F5O. The van der Waals surface area contributed by atoms with E-state index in [-0.39, 0.29) is 5.92 Å². The van der Waals surface area contributed by atoms with Crippen LogP contribution in [0.4, 0.5) is 22.0 Å². The molecule has 0 heterocycles. The number of hydrogen-bond donors (Lipinski definition) is 0. The first kappa shape index (κ1) is 17.9. The lowest BCUT2D eigenvalue weighted by atomic mass is 9.83. The first-order chi connectivity index (χ1) is 9.44. The molecule has 1 rings (SSSR count). The van der Waals surface area contributed by atoms with Crippen molar-refractivity contribution in [3.8, 4) is 0 Å². The van der Waals surface area contributed by atoms with E-state index in [4.69, 9.17) is 4.74 Å². The summed E-state index contributed by atoms with van der Waals surface area (Å²) < 4.78 is 69.3. The first-order valence-corrected chi connectivity index (χ1v) is 6.54. The lowest BCUT2D eigenvalue weighted by Gasteiger charge is -2.35. The Bertz CT molecular complexity index is 481. The van der Waals surface area contributed by atoms with Gasteiger partial charge in [-0.2, -0.15) is 22.0 Å². The average Bonchev–Trinajstić information content (AvgIpc) is 2.36. The van der Waals surface area contributed by atoms with Crippen molar-refractivity contribution in [3.63, 3.8) is 0 Å². The van der Waals surface area contributed by atoms with Gasteiger partial charge in [-0.3, -0.25) is 0 Å². The summed E-state index contributed by atoms with van der Waals surface area (Å²) in [5, 5.41) is 0. The molecule has 0 spiro atoms. The van der Waals surface area contributed by atoms with E-state index in [2.05, 4.69) is 0 Å². The quantitative estimate of drug-likeness (QED) is 0.674. The smallest absolute Gasteiger partial charge is 0.374 e. The Labute approximate surface area is 121 Å². The molecule has 0 aliphatic rings. The topological polar surface area (TPSA) is 9.23 Å². The number of ether oxygens (including phenoxy) is 1. The molecular weight excluding hydrogens is 291 g/mol. The lowest BCUT2D eigenvalue weighted by molar-refractivity contribution is -0.298. The maximum atomic E-state index is 13.4. The third-order valence-corrected chi connectivity index (χ3v) is 3.58. The monoisotopic (exact) mass is 310 g/mol. The number of benzene rings is 1. The summed E-state index contributed by atoms with van der Waals surface area (Å²) in [7, 11) is 1.14. The molecule has 6 heteroatoms. The van der Waals surface area contributed by atoms with E-state index in [1.165, 1.54) is 13.0 Å². The van der Waals surface area contributed by atoms with Crippen LogP contribution in [0.15, 0.2) is 24.3 Å². The summed E-state index contributed by atoms with van der Waals surface area (Å²) in [6.45, 7) is 4.95. The van der Waals surface area contributed by atoms with Crippen LogP contribution in [0.5, 0.6) is 0 Å². The molecule has 0 saturated heterocycles. The molecule has 0 aromatic heterocycles. The van der Waals surface area contributed by atoms with Gasteiger partial charge in [-0.15, -0.1) is 0 Å². The van der Waals surface area contributed by atoms with Gasteiger partial charge >= 0.3 is 12.1 Å². The van der Waals surface area contributed by atoms with Gasteiger partial charge in [0.05, 0.1) is 12.0 Å². The minimum atomic E-state index is -5.60. The average molecular weight is 310 g/mol. The van der Waals surface area contributed by atoms with E-state index in [0.717, 1.165) is 7.11 Å². The van der Waals surface area contributed by atoms with Crippen LogP contribution < -0.4 is 0 Å². The van der Waals surface area contributed by atoms with E-state index in [1.807, 2.05) is 13.8 Å². The van der Waals surface area contributed by atoms with Crippen molar-refractivity contribution in [3.05, 3.63) is 35.4 Å². The predicted octanol–water partition coefficient (Wildman–Crippen LogP) is 5.26. The van der Waals surface area contributed by atoms with Gasteiger partial charge in [0.2, 0.25) is 0 Å². The number of rotatable bonds is 5. The van der Waals surface area contributed by atoms with Crippen molar-refractivity contribution in [1.29, 1.82) is 0 Å². The fourth-order valence-corrected chi connectivity index (χ4v) is 2.28. The Morgan fingerprint density at radius 2 is 1.57 bits per heavy atom. The second-order valence-corrected chi connectivity index (χ2v) is 5.56. The van der Waals surface area contributed by atoms with Crippen LogP contribution in [0.3, 0.4) is 0 Å². The van der Waals surface area contributed by atoms with Gasteiger partial charge in [-0.1, -0.05) is 38.1 Å². The van der Waals surface area contributed by atoms with E-state index < -0.39 is 24.1 Å². The molecule has 0 aliphatic carbocycles. The van der Waals surface area contributed by atoms with Crippen molar-refractivity contribution in [1.82, 2.24) is 0 Å². The fourth-order valence-electron chi connectivity index (χ4n) is 2.28. The van der Waals surface area contributed by atoms with Gasteiger partial charge in [-0.05, 0) is 24.0 Å². The van der Waals surface area contributed by atoms with Crippen molar-refractivity contribution in [2.75, 3.05) is 7.11 Å². The molecule has 0 radical (unpaired) electrons. The molecule has 1 atom stereocenters. The second kappa shape index (κ2) is 5.91.